The number of hydrogen-bond acceptors (Lipinski definition) is 2. The van der Waals surface area contributed by atoms with Crippen LogP contribution in [0, 0.1) is 17.8 Å². The summed E-state index contributed by atoms with van der Waals surface area (Å²) < 4.78 is 0. The predicted molar refractivity (Wildman–Crippen MR) is 78.0 cm³/mol. The molecule has 0 heterocycles. The fourth-order valence-electron chi connectivity index (χ4n) is 4.29. The Hall–Kier alpha value is -0.0800. The van der Waals surface area contributed by atoms with E-state index in [-0.39, 0.29) is 0 Å². The summed E-state index contributed by atoms with van der Waals surface area (Å²) in [6, 6.07) is 0.593. The zero-order chi connectivity index (χ0) is 12.8. The molecule has 2 heteroatoms. The van der Waals surface area contributed by atoms with Gasteiger partial charge >= 0.3 is 0 Å². The van der Waals surface area contributed by atoms with E-state index >= 15 is 0 Å². The Morgan fingerprint density at radius 3 is 2.22 bits per heavy atom. The van der Waals surface area contributed by atoms with Gasteiger partial charge in [-0.1, -0.05) is 58.3 Å². The topological polar surface area (TPSA) is 38.0 Å². The quantitative estimate of drug-likeness (QED) is 0.554. The van der Waals surface area contributed by atoms with Gasteiger partial charge in [-0.2, -0.15) is 0 Å². The van der Waals surface area contributed by atoms with Crippen molar-refractivity contribution in [1.82, 2.24) is 5.43 Å². The number of hydrazine groups is 1. The van der Waals surface area contributed by atoms with E-state index in [0.717, 1.165) is 17.8 Å². The molecule has 0 aromatic rings. The Balaban J connectivity index is 1.74. The number of hydrogen-bond donors (Lipinski definition) is 2. The lowest BCUT2D eigenvalue weighted by Crippen LogP contribution is -2.43. The van der Waals surface area contributed by atoms with Crippen molar-refractivity contribution in [3.8, 4) is 0 Å². The second-order valence-electron chi connectivity index (χ2n) is 6.73. The maximum Gasteiger partial charge on any atom is 0.0241 e. The molecular weight excluding hydrogens is 220 g/mol. The summed E-state index contributed by atoms with van der Waals surface area (Å²) in [6.45, 7) is 2.32. The molecule has 2 fully saturated rings. The molecule has 2 aliphatic carbocycles. The number of nitrogens with one attached hydrogen (secondary N) is 1. The Morgan fingerprint density at radius 2 is 1.67 bits per heavy atom. The molecule has 0 spiro atoms. The average Bonchev–Trinajstić information content (AvgIpc) is 2.90. The first kappa shape index (κ1) is 14.3. The highest BCUT2D eigenvalue weighted by Crippen LogP contribution is 2.36. The summed E-state index contributed by atoms with van der Waals surface area (Å²) in [7, 11) is 0. The summed E-state index contributed by atoms with van der Waals surface area (Å²) in [5, 5.41) is 0. The van der Waals surface area contributed by atoms with Crippen LogP contribution in [0.25, 0.3) is 0 Å². The van der Waals surface area contributed by atoms with E-state index in [0.29, 0.717) is 6.04 Å². The van der Waals surface area contributed by atoms with Crippen molar-refractivity contribution in [1.29, 1.82) is 0 Å². The van der Waals surface area contributed by atoms with E-state index in [1.165, 1.54) is 70.6 Å². The van der Waals surface area contributed by atoms with Crippen LogP contribution in [0.1, 0.15) is 77.6 Å². The van der Waals surface area contributed by atoms with Gasteiger partial charge < -0.3 is 0 Å². The number of nitrogens with two attached hydrogens (primary N) is 1. The second kappa shape index (κ2) is 7.49. The zero-order valence-electron chi connectivity index (χ0n) is 12.2. The average molecular weight is 252 g/mol. The van der Waals surface area contributed by atoms with E-state index in [1.807, 2.05) is 0 Å². The summed E-state index contributed by atoms with van der Waals surface area (Å²) in [5.74, 6) is 8.64. The van der Waals surface area contributed by atoms with Gasteiger partial charge in [-0.25, -0.2) is 0 Å². The monoisotopic (exact) mass is 252 g/mol. The van der Waals surface area contributed by atoms with Crippen LogP contribution in [0.2, 0.25) is 0 Å². The molecule has 0 saturated heterocycles. The van der Waals surface area contributed by atoms with Crippen molar-refractivity contribution in [2.75, 3.05) is 0 Å². The van der Waals surface area contributed by atoms with Gasteiger partial charge in [-0.3, -0.25) is 11.3 Å². The minimum atomic E-state index is 0.593. The lowest BCUT2D eigenvalue weighted by Gasteiger charge is -2.34. The van der Waals surface area contributed by atoms with Crippen LogP contribution in [-0.2, 0) is 0 Å². The van der Waals surface area contributed by atoms with Crippen molar-refractivity contribution in [3.63, 3.8) is 0 Å². The van der Waals surface area contributed by atoms with Crippen molar-refractivity contribution in [2.45, 2.75) is 83.6 Å². The number of rotatable bonds is 6. The Bertz CT molecular complexity index is 215. The summed E-state index contributed by atoms with van der Waals surface area (Å²) in [5.41, 5.74) is 3.15. The summed E-state index contributed by atoms with van der Waals surface area (Å²) in [6.07, 6.45) is 15.6. The van der Waals surface area contributed by atoms with E-state index in [1.54, 1.807) is 0 Å². The van der Waals surface area contributed by atoms with Gasteiger partial charge in [0.15, 0.2) is 0 Å². The van der Waals surface area contributed by atoms with E-state index in [2.05, 4.69) is 12.3 Å². The zero-order valence-corrected chi connectivity index (χ0v) is 12.2. The van der Waals surface area contributed by atoms with E-state index in [9.17, 15) is 0 Å². The van der Waals surface area contributed by atoms with Gasteiger partial charge in [-0.05, 0) is 37.0 Å². The molecule has 2 saturated carbocycles. The van der Waals surface area contributed by atoms with Crippen LogP contribution in [-0.4, -0.2) is 6.04 Å². The third-order valence-electron chi connectivity index (χ3n) is 5.43. The van der Waals surface area contributed by atoms with Gasteiger partial charge in [0.2, 0.25) is 0 Å². The van der Waals surface area contributed by atoms with Gasteiger partial charge in [0.05, 0.1) is 0 Å². The van der Waals surface area contributed by atoms with Gasteiger partial charge in [0.1, 0.15) is 0 Å². The van der Waals surface area contributed by atoms with Crippen molar-refractivity contribution in [3.05, 3.63) is 0 Å². The third-order valence-corrected chi connectivity index (χ3v) is 5.43. The molecule has 0 aromatic heterocycles. The molecule has 0 amide bonds. The van der Waals surface area contributed by atoms with E-state index in [4.69, 9.17) is 5.84 Å². The van der Waals surface area contributed by atoms with Crippen molar-refractivity contribution >= 4 is 0 Å². The first-order valence-corrected chi connectivity index (χ1v) is 8.29. The maximum absolute atomic E-state index is 5.83. The van der Waals surface area contributed by atoms with Crippen LogP contribution in [0.15, 0.2) is 0 Å². The molecule has 18 heavy (non-hydrogen) atoms. The molecule has 2 aliphatic rings. The fraction of sp³-hybridized carbons (Fsp3) is 1.00. The van der Waals surface area contributed by atoms with Gasteiger partial charge in [-0.15, -0.1) is 0 Å². The highest BCUT2D eigenvalue weighted by molar-refractivity contribution is 4.83. The molecule has 3 N–H and O–H groups in total. The van der Waals surface area contributed by atoms with Crippen LogP contribution >= 0.6 is 0 Å². The van der Waals surface area contributed by atoms with Crippen molar-refractivity contribution < 1.29 is 0 Å². The Morgan fingerprint density at radius 1 is 1.00 bits per heavy atom. The second-order valence-corrected chi connectivity index (χ2v) is 6.73. The molecular formula is C16H32N2. The first-order valence-electron chi connectivity index (χ1n) is 8.29. The highest BCUT2D eigenvalue weighted by atomic mass is 15.2. The van der Waals surface area contributed by atoms with Gasteiger partial charge in [0.25, 0.3) is 0 Å². The van der Waals surface area contributed by atoms with Gasteiger partial charge in [0, 0.05) is 6.04 Å². The smallest absolute Gasteiger partial charge is 0.0241 e. The Labute approximate surface area is 113 Å². The van der Waals surface area contributed by atoms with Crippen molar-refractivity contribution in [2.24, 2.45) is 23.6 Å². The first-order chi connectivity index (χ1) is 8.83. The Kier molecular flexibility index (Phi) is 5.97. The van der Waals surface area contributed by atoms with Crippen LogP contribution < -0.4 is 11.3 Å². The lowest BCUT2D eigenvalue weighted by atomic mass is 9.75. The molecule has 0 aromatic carbocycles. The van der Waals surface area contributed by atoms with Crippen LogP contribution in [0.4, 0.5) is 0 Å². The molecule has 1 atom stereocenters. The molecule has 106 valence electrons. The minimum absolute atomic E-state index is 0.593. The summed E-state index contributed by atoms with van der Waals surface area (Å²) in [4.78, 5) is 0. The molecule has 0 aliphatic heterocycles. The SMILES string of the molecule is CCCC1CCC(C(CC2CCCC2)NN)CC1. The van der Waals surface area contributed by atoms with Crippen LogP contribution in [0.3, 0.4) is 0 Å². The molecule has 0 radical (unpaired) electrons. The fourth-order valence-corrected chi connectivity index (χ4v) is 4.29. The minimum Gasteiger partial charge on any atom is -0.271 e. The van der Waals surface area contributed by atoms with E-state index < -0.39 is 0 Å². The molecule has 2 rings (SSSR count). The maximum atomic E-state index is 5.83. The van der Waals surface area contributed by atoms with Crippen LogP contribution in [0.5, 0.6) is 0 Å². The predicted octanol–water partition coefficient (Wildman–Crippen LogP) is 4.01. The lowest BCUT2D eigenvalue weighted by molar-refractivity contribution is 0.194. The molecule has 2 nitrogen and oxygen atoms in total. The molecule has 1 unspecified atom stereocenters. The largest absolute Gasteiger partial charge is 0.271 e. The molecule has 0 bridgehead atoms. The summed E-state index contributed by atoms with van der Waals surface area (Å²) >= 11 is 0. The highest BCUT2D eigenvalue weighted by Gasteiger charge is 2.29. The third kappa shape index (κ3) is 3.96. The standard InChI is InChI=1S/C16H32N2/c1-2-5-13-8-10-15(11-9-13)16(18-17)12-14-6-3-4-7-14/h13-16,18H,2-12,17H2,1H3. The normalized spacial score (nSPS) is 31.7.